The standard InChI is InChI=1S/C14H17FN2S/c1-3-12-8-17-14(18-12)9-16-7-11-5-4-10(2)13(15)6-11/h4-6,8,16H,3,7,9H2,1-2H3. The van der Waals surface area contributed by atoms with Crippen molar-refractivity contribution in [3.63, 3.8) is 0 Å². The Morgan fingerprint density at radius 3 is 2.83 bits per heavy atom. The Hall–Kier alpha value is -1.26. The minimum Gasteiger partial charge on any atom is -0.306 e. The van der Waals surface area contributed by atoms with Gasteiger partial charge in [0.25, 0.3) is 0 Å². The van der Waals surface area contributed by atoms with Gasteiger partial charge in [0.15, 0.2) is 0 Å². The van der Waals surface area contributed by atoms with E-state index >= 15 is 0 Å². The van der Waals surface area contributed by atoms with E-state index < -0.39 is 0 Å². The summed E-state index contributed by atoms with van der Waals surface area (Å²) in [7, 11) is 0. The van der Waals surface area contributed by atoms with E-state index in [-0.39, 0.29) is 5.82 Å². The Balaban J connectivity index is 1.86. The van der Waals surface area contributed by atoms with Crippen LogP contribution in [0.2, 0.25) is 0 Å². The smallest absolute Gasteiger partial charge is 0.126 e. The molecule has 0 unspecified atom stereocenters. The Morgan fingerprint density at radius 1 is 1.33 bits per heavy atom. The lowest BCUT2D eigenvalue weighted by molar-refractivity contribution is 0.611. The highest BCUT2D eigenvalue weighted by Gasteiger charge is 2.02. The van der Waals surface area contributed by atoms with Crippen LogP contribution in [0, 0.1) is 12.7 Å². The molecule has 0 saturated carbocycles. The van der Waals surface area contributed by atoms with Crippen LogP contribution in [0.15, 0.2) is 24.4 Å². The third-order valence-corrected chi connectivity index (χ3v) is 3.93. The maximum absolute atomic E-state index is 13.3. The summed E-state index contributed by atoms with van der Waals surface area (Å²) in [6, 6.07) is 5.34. The van der Waals surface area contributed by atoms with Crippen LogP contribution in [0.5, 0.6) is 0 Å². The molecule has 0 spiro atoms. The number of hydrogen-bond acceptors (Lipinski definition) is 3. The fraction of sp³-hybridized carbons (Fsp3) is 0.357. The summed E-state index contributed by atoms with van der Waals surface area (Å²) in [5, 5.41) is 4.37. The van der Waals surface area contributed by atoms with Crippen LogP contribution in [0.25, 0.3) is 0 Å². The molecule has 1 aromatic heterocycles. The number of halogens is 1. The van der Waals surface area contributed by atoms with Gasteiger partial charge in [-0.25, -0.2) is 9.37 Å². The van der Waals surface area contributed by atoms with Gasteiger partial charge in [-0.15, -0.1) is 11.3 Å². The van der Waals surface area contributed by atoms with E-state index in [0.29, 0.717) is 12.1 Å². The van der Waals surface area contributed by atoms with Crippen LogP contribution in [-0.4, -0.2) is 4.98 Å². The van der Waals surface area contributed by atoms with E-state index in [2.05, 4.69) is 17.2 Å². The molecule has 1 N–H and O–H groups in total. The SMILES string of the molecule is CCc1cnc(CNCc2ccc(C)c(F)c2)s1. The molecule has 4 heteroatoms. The van der Waals surface area contributed by atoms with Gasteiger partial charge < -0.3 is 5.32 Å². The molecule has 2 aromatic rings. The first-order valence-corrected chi connectivity index (χ1v) is 6.90. The minimum absolute atomic E-state index is 0.142. The molecule has 0 aliphatic carbocycles. The van der Waals surface area contributed by atoms with Crippen LogP contribution < -0.4 is 5.32 Å². The molecule has 0 atom stereocenters. The summed E-state index contributed by atoms with van der Waals surface area (Å²) in [6.07, 6.45) is 2.95. The second kappa shape index (κ2) is 6.07. The number of rotatable bonds is 5. The zero-order valence-corrected chi connectivity index (χ0v) is 11.5. The molecule has 96 valence electrons. The highest BCUT2D eigenvalue weighted by atomic mass is 32.1. The summed E-state index contributed by atoms with van der Waals surface area (Å²) in [5.74, 6) is -0.142. The van der Waals surface area contributed by atoms with Gasteiger partial charge in [0.2, 0.25) is 0 Å². The Labute approximate surface area is 111 Å². The lowest BCUT2D eigenvalue weighted by Crippen LogP contribution is -2.12. The highest BCUT2D eigenvalue weighted by Crippen LogP contribution is 2.13. The molecule has 0 amide bonds. The van der Waals surface area contributed by atoms with Crippen molar-refractivity contribution in [3.8, 4) is 0 Å². The van der Waals surface area contributed by atoms with E-state index in [9.17, 15) is 4.39 Å². The van der Waals surface area contributed by atoms with Crippen molar-refractivity contribution in [1.82, 2.24) is 10.3 Å². The van der Waals surface area contributed by atoms with Gasteiger partial charge in [-0.05, 0) is 30.5 Å². The number of nitrogens with one attached hydrogen (secondary N) is 1. The molecule has 0 saturated heterocycles. The van der Waals surface area contributed by atoms with Crippen LogP contribution >= 0.6 is 11.3 Å². The topological polar surface area (TPSA) is 24.9 Å². The summed E-state index contributed by atoms with van der Waals surface area (Å²) in [6.45, 7) is 5.30. The zero-order chi connectivity index (χ0) is 13.0. The molecule has 1 heterocycles. The summed E-state index contributed by atoms with van der Waals surface area (Å²) >= 11 is 1.73. The van der Waals surface area contributed by atoms with Gasteiger partial charge in [-0.2, -0.15) is 0 Å². The predicted octanol–water partition coefficient (Wildman–Crippen LogP) is 3.44. The molecule has 2 nitrogen and oxygen atoms in total. The molecular weight excluding hydrogens is 247 g/mol. The molecule has 0 aliphatic heterocycles. The van der Waals surface area contributed by atoms with Gasteiger partial charge in [-0.1, -0.05) is 19.1 Å². The average Bonchev–Trinajstić information content (AvgIpc) is 2.82. The van der Waals surface area contributed by atoms with Crippen LogP contribution in [0.3, 0.4) is 0 Å². The molecule has 0 fully saturated rings. The van der Waals surface area contributed by atoms with Crippen molar-refractivity contribution >= 4 is 11.3 Å². The lowest BCUT2D eigenvalue weighted by Gasteiger charge is -2.04. The monoisotopic (exact) mass is 264 g/mol. The van der Waals surface area contributed by atoms with Gasteiger partial charge in [0.1, 0.15) is 10.8 Å². The molecule has 0 bridgehead atoms. The van der Waals surface area contributed by atoms with E-state index in [1.807, 2.05) is 18.3 Å². The predicted molar refractivity (Wildman–Crippen MR) is 73.2 cm³/mol. The largest absolute Gasteiger partial charge is 0.306 e. The summed E-state index contributed by atoms with van der Waals surface area (Å²) < 4.78 is 13.3. The molecule has 1 aromatic carbocycles. The number of aromatic nitrogens is 1. The van der Waals surface area contributed by atoms with Crippen molar-refractivity contribution in [2.75, 3.05) is 0 Å². The van der Waals surface area contributed by atoms with E-state index in [0.717, 1.165) is 23.5 Å². The average molecular weight is 264 g/mol. The number of hydrogen-bond donors (Lipinski definition) is 1. The van der Waals surface area contributed by atoms with Gasteiger partial charge in [0, 0.05) is 24.2 Å². The second-order valence-electron chi connectivity index (χ2n) is 4.26. The van der Waals surface area contributed by atoms with E-state index in [1.54, 1.807) is 24.3 Å². The molecule has 0 radical (unpaired) electrons. The highest BCUT2D eigenvalue weighted by molar-refractivity contribution is 7.11. The number of benzene rings is 1. The number of aryl methyl sites for hydroxylation is 2. The van der Waals surface area contributed by atoms with Crippen molar-refractivity contribution in [1.29, 1.82) is 0 Å². The number of nitrogens with zero attached hydrogens (tertiary/aromatic N) is 1. The van der Waals surface area contributed by atoms with Crippen molar-refractivity contribution in [2.45, 2.75) is 33.4 Å². The van der Waals surface area contributed by atoms with Crippen molar-refractivity contribution in [2.24, 2.45) is 0 Å². The lowest BCUT2D eigenvalue weighted by atomic mass is 10.1. The molecular formula is C14H17FN2S. The van der Waals surface area contributed by atoms with Crippen LogP contribution in [-0.2, 0) is 19.5 Å². The quantitative estimate of drug-likeness (QED) is 0.894. The van der Waals surface area contributed by atoms with Crippen molar-refractivity contribution in [3.05, 3.63) is 51.2 Å². The second-order valence-corrected chi connectivity index (χ2v) is 5.46. The van der Waals surface area contributed by atoms with Gasteiger partial charge >= 0.3 is 0 Å². The summed E-state index contributed by atoms with van der Waals surface area (Å²) in [5.41, 5.74) is 1.65. The normalized spacial score (nSPS) is 10.8. The fourth-order valence-electron chi connectivity index (χ4n) is 1.65. The Bertz CT molecular complexity index is 522. The Kier molecular flexibility index (Phi) is 4.44. The van der Waals surface area contributed by atoms with E-state index in [4.69, 9.17) is 0 Å². The zero-order valence-electron chi connectivity index (χ0n) is 10.7. The fourth-order valence-corrected chi connectivity index (χ4v) is 2.49. The first-order valence-electron chi connectivity index (χ1n) is 6.08. The van der Waals surface area contributed by atoms with Gasteiger partial charge in [-0.3, -0.25) is 0 Å². The molecule has 0 aliphatic rings. The minimum atomic E-state index is -0.142. The molecule has 2 rings (SSSR count). The maximum Gasteiger partial charge on any atom is 0.126 e. The number of thiazole rings is 1. The Morgan fingerprint density at radius 2 is 2.17 bits per heavy atom. The van der Waals surface area contributed by atoms with Crippen LogP contribution in [0.1, 0.15) is 27.9 Å². The van der Waals surface area contributed by atoms with Crippen LogP contribution in [0.4, 0.5) is 4.39 Å². The third-order valence-electron chi connectivity index (χ3n) is 2.79. The van der Waals surface area contributed by atoms with Gasteiger partial charge in [0.05, 0.1) is 0 Å². The third kappa shape index (κ3) is 3.37. The first kappa shape index (κ1) is 13.2. The van der Waals surface area contributed by atoms with E-state index in [1.165, 1.54) is 4.88 Å². The maximum atomic E-state index is 13.3. The van der Waals surface area contributed by atoms with Crippen molar-refractivity contribution < 1.29 is 4.39 Å². The first-order chi connectivity index (χ1) is 8.69. The molecule has 18 heavy (non-hydrogen) atoms. The summed E-state index contributed by atoms with van der Waals surface area (Å²) in [4.78, 5) is 5.63.